The molecule has 3 heterocycles. The first-order chi connectivity index (χ1) is 14.6. The van der Waals surface area contributed by atoms with E-state index in [-0.39, 0.29) is 6.10 Å². The maximum Gasteiger partial charge on any atom is 0.164 e. The molecular formula is C22H21ClN4O3. The Morgan fingerprint density at radius 3 is 2.90 bits per heavy atom. The van der Waals surface area contributed by atoms with Crippen molar-refractivity contribution in [2.24, 2.45) is 0 Å². The average molecular weight is 425 g/mol. The van der Waals surface area contributed by atoms with Crippen LogP contribution in [-0.4, -0.2) is 40.8 Å². The summed E-state index contributed by atoms with van der Waals surface area (Å²) in [6, 6.07) is 9.60. The number of nitrogens with zero attached hydrogens (tertiary/aromatic N) is 3. The minimum atomic E-state index is 0.0108. The monoisotopic (exact) mass is 424 g/mol. The normalized spacial score (nSPS) is 16.3. The van der Waals surface area contributed by atoms with Gasteiger partial charge < -0.3 is 19.5 Å². The number of anilines is 2. The number of hydrogen-bond acceptors (Lipinski definition) is 6. The van der Waals surface area contributed by atoms with Gasteiger partial charge in [-0.25, -0.2) is 9.97 Å². The molecule has 7 nitrogen and oxygen atoms in total. The number of rotatable bonds is 5. The lowest BCUT2D eigenvalue weighted by Gasteiger charge is -2.17. The molecule has 0 radical (unpaired) electrons. The average Bonchev–Trinajstić information content (AvgIpc) is 3.42. The van der Waals surface area contributed by atoms with Crippen LogP contribution < -0.4 is 14.8 Å². The van der Waals surface area contributed by atoms with Crippen LogP contribution in [-0.2, 0) is 4.74 Å². The van der Waals surface area contributed by atoms with E-state index in [0.717, 1.165) is 34.2 Å². The third-order valence-corrected chi connectivity index (χ3v) is 5.60. The van der Waals surface area contributed by atoms with Gasteiger partial charge in [0.15, 0.2) is 17.3 Å². The second-order valence-corrected chi connectivity index (χ2v) is 7.67. The first kappa shape index (κ1) is 19.0. The van der Waals surface area contributed by atoms with E-state index in [1.807, 2.05) is 41.7 Å². The van der Waals surface area contributed by atoms with Crippen molar-refractivity contribution in [2.75, 3.05) is 25.6 Å². The van der Waals surface area contributed by atoms with E-state index in [2.05, 4.69) is 10.3 Å². The zero-order chi connectivity index (χ0) is 20.7. The van der Waals surface area contributed by atoms with E-state index >= 15 is 0 Å². The number of fused-ring (bicyclic) bond motifs is 3. The maximum atomic E-state index is 6.42. The lowest BCUT2D eigenvalue weighted by atomic mass is 10.2. The molecule has 1 aliphatic heterocycles. The molecule has 1 unspecified atom stereocenters. The van der Waals surface area contributed by atoms with Gasteiger partial charge in [0.2, 0.25) is 0 Å². The van der Waals surface area contributed by atoms with Gasteiger partial charge in [0.25, 0.3) is 0 Å². The van der Waals surface area contributed by atoms with Gasteiger partial charge in [-0.2, -0.15) is 0 Å². The smallest absolute Gasteiger partial charge is 0.164 e. The number of halogens is 1. The van der Waals surface area contributed by atoms with Crippen LogP contribution in [0.5, 0.6) is 11.5 Å². The van der Waals surface area contributed by atoms with Gasteiger partial charge in [0.05, 0.1) is 54.6 Å². The van der Waals surface area contributed by atoms with Crippen molar-refractivity contribution in [3.63, 3.8) is 0 Å². The van der Waals surface area contributed by atoms with Crippen LogP contribution in [0.15, 0.2) is 42.9 Å². The van der Waals surface area contributed by atoms with Crippen molar-refractivity contribution >= 4 is 39.7 Å². The third kappa shape index (κ3) is 3.30. The number of aryl methyl sites for hydroxylation is 1. The van der Waals surface area contributed by atoms with Crippen LogP contribution in [0, 0.1) is 6.92 Å². The highest BCUT2D eigenvalue weighted by Crippen LogP contribution is 2.36. The predicted octanol–water partition coefficient (Wildman–Crippen LogP) is 4.76. The maximum absolute atomic E-state index is 6.42. The summed E-state index contributed by atoms with van der Waals surface area (Å²) in [5.74, 6) is 1.96. The van der Waals surface area contributed by atoms with E-state index in [1.54, 1.807) is 19.6 Å². The van der Waals surface area contributed by atoms with E-state index in [9.17, 15) is 0 Å². The van der Waals surface area contributed by atoms with Crippen LogP contribution in [0.3, 0.4) is 0 Å². The van der Waals surface area contributed by atoms with Crippen molar-refractivity contribution in [1.82, 2.24) is 14.4 Å². The van der Waals surface area contributed by atoms with Crippen LogP contribution in [0.1, 0.15) is 12.0 Å². The Hall–Kier alpha value is -3.03. The fourth-order valence-electron chi connectivity index (χ4n) is 3.70. The van der Waals surface area contributed by atoms with Gasteiger partial charge >= 0.3 is 0 Å². The Balaban J connectivity index is 1.65. The van der Waals surface area contributed by atoms with Gasteiger partial charge in [0, 0.05) is 18.6 Å². The van der Waals surface area contributed by atoms with Crippen molar-refractivity contribution in [1.29, 1.82) is 0 Å². The minimum absolute atomic E-state index is 0.0108. The van der Waals surface area contributed by atoms with E-state index < -0.39 is 0 Å². The zero-order valence-corrected chi connectivity index (χ0v) is 17.4. The Kier molecular flexibility index (Phi) is 4.84. The Morgan fingerprint density at radius 2 is 2.13 bits per heavy atom. The molecule has 4 aromatic rings. The highest BCUT2D eigenvalue weighted by Gasteiger charge is 2.21. The highest BCUT2D eigenvalue weighted by atomic mass is 35.5. The van der Waals surface area contributed by atoms with E-state index in [1.165, 1.54) is 0 Å². The Bertz CT molecular complexity index is 1210. The highest BCUT2D eigenvalue weighted by molar-refractivity contribution is 6.33. The largest absolute Gasteiger partial charge is 0.493 e. The number of nitrogens with one attached hydrogen (secondary N) is 1. The molecule has 1 atom stereocenters. The lowest BCUT2D eigenvalue weighted by Crippen LogP contribution is -2.16. The van der Waals surface area contributed by atoms with E-state index in [0.29, 0.717) is 35.6 Å². The summed E-state index contributed by atoms with van der Waals surface area (Å²) in [6.45, 7) is 3.29. The number of hydrogen-bond donors (Lipinski definition) is 1. The van der Waals surface area contributed by atoms with Crippen LogP contribution in [0.25, 0.3) is 16.6 Å². The summed E-state index contributed by atoms with van der Waals surface area (Å²) in [5, 5.41) is 4.02. The molecule has 2 aromatic carbocycles. The van der Waals surface area contributed by atoms with Crippen LogP contribution in [0.4, 0.5) is 11.5 Å². The summed E-state index contributed by atoms with van der Waals surface area (Å²) in [7, 11) is 1.63. The summed E-state index contributed by atoms with van der Waals surface area (Å²) < 4.78 is 19.1. The third-order valence-electron chi connectivity index (χ3n) is 5.28. The molecule has 0 aliphatic carbocycles. The second-order valence-electron chi connectivity index (χ2n) is 7.26. The molecule has 8 heteroatoms. The van der Waals surface area contributed by atoms with Crippen molar-refractivity contribution in [2.45, 2.75) is 19.4 Å². The van der Waals surface area contributed by atoms with Gasteiger partial charge in [-0.1, -0.05) is 23.7 Å². The molecule has 1 saturated heterocycles. The van der Waals surface area contributed by atoms with Gasteiger partial charge in [0.1, 0.15) is 11.6 Å². The summed E-state index contributed by atoms with van der Waals surface area (Å²) in [6.07, 6.45) is 4.40. The lowest BCUT2D eigenvalue weighted by molar-refractivity contribution is 0.139. The van der Waals surface area contributed by atoms with Crippen LogP contribution >= 0.6 is 11.6 Å². The molecule has 5 rings (SSSR count). The molecule has 2 aromatic heterocycles. The quantitative estimate of drug-likeness (QED) is 0.498. The molecule has 0 bridgehead atoms. The standard InChI is InChI=1S/C22H21ClN4O3/c1-13-4-3-5-15(23)21(13)26-22-18-10-24-12-27(18)17-9-19(28-2)20(8-16(17)25-22)30-14-6-7-29-11-14/h3-5,8-10,12,14H,6-7,11H2,1-2H3,(H,25,26). The first-order valence-electron chi connectivity index (χ1n) is 9.74. The molecule has 0 spiro atoms. The number of benzene rings is 2. The molecule has 1 N–H and O–H groups in total. The molecule has 1 aliphatic rings. The minimum Gasteiger partial charge on any atom is -0.493 e. The molecule has 30 heavy (non-hydrogen) atoms. The Labute approximate surface area is 178 Å². The first-order valence-corrected chi connectivity index (χ1v) is 10.1. The van der Waals surface area contributed by atoms with Crippen molar-refractivity contribution < 1.29 is 14.2 Å². The van der Waals surface area contributed by atoms with Gasteiger partial charge in [-0.15, -0.1) is 0 Å². The molecule has 0 saturated carbocycles. The molecule has 0 amide bonds. The molecular weight excluding hydrogens is 404 g/mol. The molecule has 1 fully saturated rings. The Morgan fingerprint density at radius 1 is 1.23 bits per heavy atom. The fourth-order valence-corrected chi connectivity index (χ4v) is 3.97. The van der Waals surface area contributed by atoms with Crippen LogP contribution in [0.2, 0.25) is 5.02 Å². The predicted molar refractivity (Wildman–Crippen MR) is 116 cm³/mol. The summed E-state index contributed by atoms with van der Waals surface area (Å²) >= 11 is 6.42. The number of aromatic nitrogens is 3. The summed E-state index contributed by atoms with van der Waals surface area (Å²) in [5.41, 5.74) is 4.31. The van der Waals surface area contributed by atoms with Gasteiger partial charge in [-0.3, -0.25) is 4.40 Å². The SMILES string of the molecule is COc1cc2c(cc1OC1CCOC1)nc(Nc1c(C)cccc1Cl)c1cncn12. The number of ether oxygens (including phenoxy) is 3. The number of methoxy groups -OCH3 is 1. The second kappa shape index (κ2) is 7.66. The number of imidazole rings is 1. The van der Waals surface area contributed by atoms with Crippen molar-refractivity contribution in [3.8, 4) is 11.5 Å². The van der Waals surface area contributed by atoms with E-state index in [4.69, 9.17) is 30.8 Å². The number of para-hydroxylation sites is 1. The molecule has 154 valence electrons. The zero-order valence-electron chi connectivity index (χ0n) is 16.7. The van der Waals surface area contributed by atoms with Crippen molar-refractivity contribution in [3.05, 3.63) is 53.4 Å². The topological polar surface area (TPSA) is 69.9 Å². The van der Waals surface area contributed by atoms with Gasteiger partial charge in [-0.05, 0) is 18.6 Å². The summed E-state index contributed by atoms with van der Waals surface area (Å²) in [4.78, 5) is 9.19. The fraction of sp³-hybridized carbons (Fsp3) is 0.273.